The normalized spacial score (nSPS) is 21.9. The summed E-state index contributed by atoms with van der Waals surface area (Å²) in [6, 6.07) is -0.388. The smallest absolute Gasteiger partial charge is 0.246 e. The molecule has 0 aromatic rings. The topological polar surface area (TPSA) is 49.4 Å². The van der Waals surface area contributed by atoms with Crippen LogP contribution in [-0.4, -0.2) is 34.8 Å². The summed E-state index contributed by atoms with van der Waals surface area (Å²) in [6.07, 6.45) is 0.865. The molecule has 1 aliphatic heterocycles. The van der Waals surface area contributed by atoms with Crippen LogP contribution in [0, 0.1) is 11.3 Å². The molecule has 4 nitrogen and oxygen atoms in total. The van der Waals surface area contributed by atoms with Gasteiger partial charge in [0.25, 0.3) is 0 Å². The SMILES string of the molecule is CC(C)C1NC(=O)CN(C(C)(C)CC(C)(C)C)C1=O. The van der Waals surface area contributed by atoms with Gasteiger partial charge in [0.2, 0.25) is 11.8 Å². The van der Waals surface area contributed by atoms with Crippen LogP contribution in [0.25, 0.3) is 0 Å². The van der Waals surface area contributed by atoms with Gasteiger partial charge >= 0.3 is 0 Å². The third-order valence-corrected chi connectivity index (χ3v) is 3.51. The van der Waals surface area contributed by atoms with Crippen LogP contribution in [0.1, 0.15) is 54.9 Å². The first-order valence-electron chi connectivity index (χ1n) is 7.05. The van der Waals surface area contributed by atoms with Crippen LogP contribution in [0.3, 0.4) is 0 Å². The van der Waals surface area contributed by atoms with E-state index in [1.54, 1.807) is 4.90 Å². The van der Waals surface area contributed by atoms with Crippen molar-refractivity contribution in [1.82, 2.24) is 10.2 Å². The second-order valence-electron chi connectivity index (χ2n) is 7.76. The minimum absolute atomic E-state index is 0.0452. The lowest BCUT2D eigenvalue weighted by molar-refractivity contribution is -0.152. The maximum Gasteiger partial charge on any atom is 0.246 e. The van der Waals surface area contributed by atoms with Gasteiger partial charge in [-0.05, 0) is 31.6 Å². The van der Waals surface area contributed by atoms with Gasteiger partial charge in [0, 0.05) is 5.54 Å². The Bertz CT molecular complexity index is 367. The molecule has 4 heteroatoms. The van der Waals surface area contributed by atoms with Gasteiger partial charge in [-0.15, -0.1) is 0 Å². The Kier molecular flexibility index (Phi) is 4.33. The molecular weight excluding hydrogens is 240 g/mol. The number of amides is 2. The molecular formula is C15H28N2O2. The van der Waals surface area contributed by atoms with Crippen LogP contribution in [0.15, 0.2) is 0 Å². The highest BCUT2D eigenvalue weighted by Gasteiger charge is 2.42. The zero-order chi connectivity index (χ0) is 15.0. The Balaban J connectivity index is 2.97. The highest BCUT2D eigenvalue weighted by molar-refractivity contribution is 5.95. The molecule has 2 amide bonds. The Labute approximate surface area is 116 Å². The summed E-state index contributed by atoms with van der Waals surface area (Å²) in [5, 5.41) is 2.80. The second-order valence-corrected chi connectivity index (χ2v) is 7.76. The summed E-state index contributed by atoms with van der Waals surface area (Å²) in [4.78, 5) is 26.1. The van der Waals surface area contributed by atoms with E-state index in [0.29, 0.717) is 0 Å². The van der Waals surface area contributed by atoms with E-state index >= 15 is 0 Å². The molecule has 0 spiro atoms. The minimum Gasteiger partial charge on any atom is -0.343 e. The minimum atomic E-state index is -0.388. The number of hydrogen-bond acceptors (Lipinski definition) is 2. The van der Waals surface area contributed by atoms with E-state index < -0.39 is 0 Å². The lowest BCUT2D eigenvalue weighted by Gasteiger charge is -2.46. The van der Waals surface area contributed by atoms with Gasteiger partial charge in [0.15, 0.2) is 0 Å². The number of hydrogen-bond donors (Lipinski definition) is 1. The Hall–Kier alpha value is -1.06. The average Bonchev–Trinajstić information content (AvgIpc) is 2.16. The molecule has 0 saturated carbocycles. The molecule has 0 radical (unpaired) electrons. The summed E-state index contributed by atoms with van der Waals surface area (Å²) in [7, 11) is 0. The molecule has 1 atom stereocenters. The van der Waals surface area contributed by atoms with Crippen LogP contribution in [-0.2, 0) is 9.59 Å². The molecule has 1 aliphatic rings. The van der Waals surface area contributed by atoms with Crippen LogP contribution in [0.4, 0.5) is 0 Å². The van der Waals surface area contributed by atoms with E-state index in [2.05, 4.69) is 26.1 Å². The van der Waals surface area contributed by atoms with Crippen molar-refractivity contribution in [3.05, 3.63) is 0 Å². The Morgan fingerprint density at radius 2 is 1.74 bits per heavy atom. The van der Waals surface area contributed by atoms with Crippen molar-refractivity contribution < 1.29 is 9.59 Å². The number of piperazine rings is 1. The monoisotopic (exact) mass is 268 g/mol. The second kappa shape index (κ2) is 5.14. The van der Waals surface area contributed by atoms with E-state index in [0.717, 1.165) is 6.42 Å². The van der Waals surface area contributed by atoms with Gasteiger partial charge in [0.1, 0.15) is 12.6 Å². The van der Waals surface area contributed by atoms with Crippen molar-refractivity contribution in [2.75, 3.05) is 6.54 Å². The zero-order valence-electron chi connectivity index (χ0n) is 13.3. The van der Waals surface area contributed by atoms with Crippen molar-refractivity contribution in [1.29, 1.82) is 0 Å². The molecule has 0 aromatic carbocycles. The summed E-state index contributed by atoms with van der Waals surface area (Å²) in [5.74, 6) is 0.105. The van der Waals surface area contributed by atoms with Crippen molar-refractivity contribution >= 4 is 11.8 Å². The standard InChI is InChI=1S/C15H28N2O2/c1-10(2)12-13(19)17(8-11(18)16-12)15(6,7)9-14(3,4)5/h10,12H,8-9H2,1-7H3,(H,16,18). The third kappa shape index (κ3) is 3.95. The van der Waals surface area contributed by atoms with Crippen molar-refractivity contribution in [3.8, 4) is 0 Å². The van der Waals surface area contributed by atoms with Crippen LogP contribution in [0.5, 0.6) is 0 Å². The lowest BCUT2D eigenvalue weighted by atomic mass is 9.80. The maximum absolute atomic E-state index is 12.6. The number of nitrogens with one attached hydrogen (secondary N) is 1. The molecule has 0 bridgehead atoms. The highest BCUT2D eigenvalue weighted by atomic mass is 16.2. The van der Waals surface area contributed by atoms with E-state index in [9.17, 15) is 9.59 Å². The predicted molar refractivity (Wildman–Crippen MR) is 76.6 cm³/mol. The van der Waals surface area contributed by atoms with Crippen molar-refractivity contribution in [3.63, 3.8) is 0 Å². The molecule has 0 aliphatic carbocycles. The molecule has 1 fully saturated rings. The fourth-order valence-corrected chi connectivity index (χ4v) is 3.03. The van der Waals surface area contributed by atoms with E-state index in [-0.39, 0.29) is 41.3 Å². The van der Waals surface area contributed by atoms with Crippen molar-refractivity contribution in [2.24, 2.45) is 11.3 Å². The Morgan fingerprint density at radius 3 is 2.16 bits per heavy atom. The number of rotatable bonds is 3. The van der Waals surface area contributed by atoms with Crippen LogP contribution in [0.2, 0.25) is 0 Å². The zero-order valence-corrected chi connectivity index (χ0v) is 13.3. The largest absolute Gasteiger partial charge is 0.343 e. The summed E-state index contributed by atoms with van der Waals surface area (Å²) in [6.45, 7) is 14.7. The molecule has 19 heavy (non-hydrogen) atoms. The fraction of sp³-hybridized carbons (Fsp3) is 0.867. The first kappa shape index (κ1) is 16.0. The highest BCUT2D eigenvalue weighted by Crippen LogP contribution is 2.32. The molecule has 1 heterocycles. The molecule has 1 rings (SSSR count). The average molecular weight is 268 g/mol. The third-order valence-electron chi connectivity index (χ3n) is 3.51. The number of carbonyl (C=O) groups excluding carboxylic acids is 2. The molecule has 1 unspecified atom stereocenters. The van der Waals surface area contributed by atoms with Crippen LogP contribution < -0.4 is 5.32 Å². The van der Waals surface area contributed by atoms with Gasteiger partial charge < -0.3 is 10.2 Å². The van der Waals surface area contributed by atoms with Crippen LogP contribution >= 0.6 is 0 Å². The van der Waals surface area contributed by atoms with E-state index in [1.807, 2.05) is 27.7 Å². The first-order chi connectivity index (χ1) is 8.44. The Morgan fingerprint density at radius 1 is 1.21 bits per heavy atom. The number of nitrogens with zero attached hydrogens (tertiary/aromatic N) is 1. The molecule has 110 valence electrons. The van der Waals surface area contributed by atoms with Gasteiger partial charge in [-0.1, -0.05) is 34.6 Å². The van der Waals surface area contributed by atoms with Gasteiger partial charge in [-0.3, -0.25) is 9.59 Å². The lowest BCUT2D eigenvalue weighted by Crippen LogP contribution is -2.65. The first-order valence-corrected chi connectivity index (χ1v) is 7.05. The van der Waals surface area contributed by atoms with E-state index in [1.165, 1.54) is 0 Å². The summed E-state index contributed by atoms with van der Waals surface area (Å²) in [5.41, 5.74) is -0.189. The molecule has 1 N–H and O–H groups in total. The summed E-state index contributed by atoms with van der Waals surface area (Å²) >= 11 is 0. The predicted octanol–water partition coefficient (Wildman–Crippen LogP) is 2.18. The van der Waals surface area contributed by atoms with Gasteiger partial charge in [0.05, 0.1) is 0 Å². The molecule has 1 saturated heterocycles. The van der Waals surface area contributed by atoms with E-state index in [4.69, 9.17) is 0 Å². The van der Waals surface area contributed by atoms with Gasteiger partial charge in [-0.25, -0.2) is 0 Å². The van der Waals surface area contributed by atoms with Crippen molar-refractivity contribution in [2.45, 2.75) is 66.5 Å². The molecule has 0 aromatic heterocycles. The fourth-order valence-electron chi connectivity index (χ4n) is 3.03. The number of carbonyl (C=O) groups is 2. The quantitative estimate of drug-likeness (QED) is 0.853. The van der Waals surface area contributed by atoms with Gasteiger partial charge in [-0.2, -0.15) is 0 Å². The summed E-state index contributed by atoms with van der Waals surface area (Å²) < 4.78 is 0. The maximum atomic E-state index is 12.6.